The second-order valence-electron chi connectivity index (χ2n) is 6.27. The van der Waals surface area contributed by atoms with Gasteiger partial charge in [-0.2, -0.15) is 0 Å². The zero-order valence-electron chi connectivity index (χ0n) is 15.5. The summed E-state index contributed by atoms with van der Waals surface area (Å²) in [5.74, 6) is -1.21. The molecule has 0 aliphatic carbocycles. The summed E-state index contributed by atoms with van der Waals surface area (Å²) < 4.78 is 33.0. The largest absolute Gasteiger partial charge is 0.478 e. The highest BCUT2D eigenvalue weighted by Gasteiger charge is 2.22. The number of anilines is 1. The van der Waals surface area contributed by atoms with Gasteiger partial charge >= 0.3 is 5.97 Å². The number of hydrogen-bond donors (Lipinski definition) is 3. The predicted molar refractivity (Wildman–Crippen MR) is 104 cm³/mol. The van der Waals surface area contributed by atoms with Crippen molar-refractivity contribution in [2.75, 3.05) is 19.0 Å². The van der Waals surface area contributed by atoms with Gasteiger partial charge in [-0.25, -0.2) is 17.9 Å². The lowest BCUT2D eigenvalue weighted by Crippen LogP contribution is -2.27. The summed E-state index contributed by atoms with van der Waals surface area (Å²) in [7, 11) is -2.34. The molecule has 7 nitrogen and oxygen atoms in total. The van der Waals surface area contributed by atoms with E-state index in [9.17, 15) is 18.3 Å². The molecular weight excluding hydrogens is 368 g/mol. The number of carboxylic acids is 1. The van der Waals surface area contributed by atoms with Crippen molar-refractivity contribution in [3.05, 3.63) is 59.7 Å². The molecule has 0 saturated carbocycles. The molecule has 2 aromatic rings. The van der Waals surface area contributed by atoms with Crippen LogP contribution >= 0.6 is 0 Å². The predicted octanol–water partition coefficient (Wildman–Crippen LogP) is 2.87. The van der Waals surface area contributed by atoms with Gasteiger partial charge in [-0.15, -0.1) is 0 Å². The van der Waals surface area contributed by atoms with Crippen LogP contribution in [-0.2, 0) is 14.8 Å². The molecule has 3 N–H and O–H groups in total. The molecule has 0 unspecified atom stereocenters. The lowest BCUT2D eigenvalue weighted by molar-refractivity contribution is 0.0697. The van der Waals surface area contributed by atoms with E-state index < -0.39 is 22.0 Å². The van der Waals surface area contributed by atoms with Crippen LogP contribution in [0.15, 0.2) is 53.4 Å². The molecule has 0 bridgehead atoms. The maximum Gasteiger partial charge on any atom is 0.337 e. The fourth-order valence-corrected chi connectivity index (χ4v) is 3.92. The molecule has 8 heteroatoms. The number of methoxy groups -OCH3 is 1. The van der Waals surface area contributed by atoms with Crippen LogP contribution in [0.2, 0.25) is 0 Å². The lowest BCUT2D eigenvalue weighted by atomic mass is 10.1. The van der Waals surface area contributed by atoms with Gasteiger partial charge in [0.15, 0.2) is 0 Å². The molecule has 27 heavy (non-hydrogen) atoms. The molecule has 0 fully saturated rings. The molecule has 0 amide bonds. The zero-order chi connectivity index (χ0) is 20.0. The maximum atomic E-state index is 12.7. The average Bonchev–Trinajstić information content (AvgIpc) is 2.62. The van der Waals surface area contributed by atoms with Crippen molar-refractivity contribution in [1.29, 1.82) is 0 Å². The molecule has 0 aliphatic rings. The van der Waals surface area contributed by atoms with E-state index in [-0.39, 0.29) is 16.5 Å². The Morgan fingerprint density at radius 1 is 1.15 bits per heavy atom. The maximum absolute atomic E-state index is 12.7. The molecular formula is C19H24N2O5S. The second kappa shape index (κ2) is 8.98. The first-order chi connectivity index (χ1) is 12.7. The monoisotopic (exact) mass is 392 g/mol. The minimum atomic E-state index is -3.88. The van der Waals surface area contributed by atoms with Crippen molar-refractivity contribution >= 4 is 21.7 Å². The first kappa shape index (κ1) is 20.9. The van der Waals surface area contributed by atoms with Crippen LogP contribution in [0.4, 0.5) is 5.69 Å². The van der Waals surface area contributed by atoms with Crippen LogP contribution in [0.1, 0.15) is 35.8 Å². The van der Waals surface area contributed by atoms with Crippen molar-refractivity contribution in [1.82, 2.24) is 4.72 Å². The van der Waals surface area contributed by atoms with Crippen LogP contribution in [-0.4, -0.2) is 39.3 Å². The minimum Gasteiger partial charge on any atom is -0.478 e. The Kier molecular flexibility index (Phi) is 6.95. The Labute approximate surface area is 159 Å². The molecule has 0 aliphatic heterocycles. The number of ether oxygens (including phenoxy) is 1. The van der Waals surface area contributed by atoms with E-state index >= 15 is 0 Å². The highest BCUT2D eigenvalue weighted by atomic mass is 32.2. The normalized spacial score (nSPS) is 13.7. The van der Waals surface area contributed by atoms with Crippen LogP contribution in [0, 0.1) is 0 Å². The standard InChI is InChI=1S/C19H24N2O5S/c1-13(12-26-3)20-18-10-9-16(11-17(18)19(22)23)27(24,25)21-14(2)15-7-5-4-6-8-15/h4-11,13-14,20-21H,12H2,1-3H3,(H,22,23)/t13-,14-/m1/s1. The van der Waals surface area contributed by atoms with Crippen LogP contribution < -0.4 is 10.0 Å². The Morgan fingerprint density at radius 2 is 1.81 bits per heavy atom. The number of carbonyl (C=O) groups is 1. The van der Waals surface area contributed by atoms with Gasteiger partial charge in [-0.05, 0) is 37.6 Å². The van der Waals surface area contributed by atoms with Gasteiger partial charge in [0.2, 0.25) is 10.0 Å². The van der Waals surface area contributed by atoms with Gasteiger partial charge in [-0.3, -0.25) is 0 Å². The van der Waals surface area contributed by atoms with Gasteiger partial charge in [0, 0.05) is 24.9 Å². The van der Waals surface area contributed by atoms with E-state index in [4.69, 9.17) is 4.74 Å². The van der Waals surface area contributed by atoms with Crippen molar-refractivity contribution in [3.8, 4) is 0 Å². The van der Waals surface area contributed by atoms with Crippen molar-refractivity contribution in [2.45, 2.75) is 30.8 Å². The summed E-state index contributed by atoms with van der Waals surface area (Å²) >= 11 is 0. The lowest BCUT2D eigenvalue weighted by Gasteiger charge is -2.18. The molecule has 0 radical (unpaired) electrons. The number of carboxylic acid groups (broad SMARTS) is 1. The van der Waals surface area contributed by atoms with Gasteiger partial charge < -0.3 is 15.2 Å². The molecule has 0 aromatic heterocycles. The third-order valence-electron chi connectivity index (χ3n) is 3.98. The molecule has 0 heterocycles. The van der Waals surface area contributed by atoms with E-state index in [0.29, 0.717) is 12.3 Å². The number of benzene rings is 2. The SMILES string of the molecule is COC[C@@H](C)Nc1ccc(S(=O)(=O)N[C@H](C)c2ccccc2)cc1C(=O)O. The number of hydrogen-bond acceptors (Lipinski definition) is 5. The third-order valence-corrected chi connectivity index (χ3v) is 5.52. The van der Waals surface area contributed by atoms with Gasteiger partial charge in [0.25, 0.3) is 0 Å². The summed E-state index contributed by atoms with van der Waals surface area (Å²) in [5, 5.41) is 12.5. The highest BCUT2D eigenvalue weighted by Crippen LogP contribution is 2.23. The molecule has 0 saturated heterocycles. The van der Waals surface area contributed by atoms with E-state index in [1.807, 2.05) is 37.3 Å². The summed E-state index contributed by atoms with van der Waals surface area (Å²) in [4.78, 5) is 11.5. The van der Waals surface area contributed by atoms with E-state index in [1.54, 1.807) is 14.0 Å². The van der Waals surface area contributed by atoms with Gasteiger partial charge in [0.1, 0.15) is 0 Å². The number of rotatable bonds is 9. The first-order valence-electron chi connectivity index (χ1n) is 8.44. The molecule has 2 rings (SSSR count). The Bertz CT molecular complexity index is 884. The third kappa shape index (κ3) is 5.53. The topological polar surface area (TPSA) is 105 Å². The Balaban J connectivity index is 2.29. The van der Waals surface area contributed by atoms with Crippen molar-refractivity contribution in [2.24, 2.45) is 0 Å². The van der Waals surface area contributed by atoms with Crippen molar-refractivity contribution < 1.29 is 23.1 Å². The van der Waals surface area contributed by atoms with Crippen LogP contribution in [0.3, 0.4) is 0 Å². The number of aromatic carboxylic acids is 1. The molecule has 0 spiro atoms. The summed E-state index contributed by atoms with van der Waals surface area (Å²) in [6.45, 7) is 3.95. The first-order valence-corrected chi connectivity index (χ1v) is 9.93. The summed E-state index contributed by atoms with van der Waals surface area (Å²) in [6.07, 6.45) is 0. The van der Waals surface area contributed by atoms with E-state index in [2.05, 4.69) is 10.0 Å². The summed E-state index contributed by atoms with van der Waals surface area (Å²) in [6, 6.07) is 12.5. The number of sulfonamides is 1. The fraction of sp³-hybridized carbons (Fsp3) is 0.316. The van der Waals surface area contributed by atoms with Crippen molar-refractivity contribution in [3.63, 3.8) is 0 Å². The van der Waals surface area contributed by atoms with E-state index in [0.717, 1.165) is 11.6 Å². The Hall–Kier alpha value is -2.42. The van der Waals surface area contributed by atoms with E-state index in [1.165, 1.54) is 12.1 Å². The summed E-state index contributed by atoms with van der Waals surface area (Å²) in [5.41, 5.74) is 1.03. The molecule has 2 aromatic carbocycles. The van der Waals surface area contributed by atoms with Crippen LogP contribution in [0.25, 0.3) is 0 Å². The average molecular weight is 392 g/mol. The minimum absolute atomic E-state index is 0.104. The number of nitrogens with one attached hydrogen (secondary N) is 2. The van der Waals surface area contributed by atoms with Crippen LogP contribution in [0.5, 0.6) is 0 Å². The van der Waals surface area contributed by atoms with Gasteiger partial charge in [0.05, 0.1) is 17.1 Å². The molecule has 146 valence electrons. The smallest absolute Gasteiger partial charge is 0.337 e. The highest BCUT2D eigenvalue weighted by molar-refractivity contribution is 7.89. The zero-order valence-corrected chi connectivity index (χ0v) is 16.3. The Morgan fingerprint density at radius 3 is 2.41 bits per heavy atom. The fourth-order valence-electron chi connectivity index (χ4n) is 2.66. The quantitative estimate of drug-likeness (QED) is 0.606. The second-order valence-corrected chi connectivity index (χ2v) is 7.98. The van der Waals surface area contributed by atoms with Gasteiger partial charge in [-0.1, -0.05) is 30.3 Å². The molecule has 2 atom stereocenters.